The van der Waals surface area contributed by atoms with Crippen LogP contribution in [0.15, 0.2) is 54.6 Å². The van der Waals surface area contributed by atoms with E-state index in [9.17, 15) is 13.2 Å². The SMILES string of the molecule is COc1ccc(N(CCNS(=O)(=O)CCc2ccccc2)C(C)=O)cc1. The van der Waals surface area contributed by atoms with Crippen molar-refractivity contribution in [3.63, 3.8) is 0 Å². The summed E-state index contributed by atoms with van der Waals surface area (Å²) in [7, 11) is -1.83. The zero-order valence-corrected chi connectivity index (χ0v) is 15.8. The van der Waals surface area contributed by atoms with Crippen molar-refractivity contribution in [1.29, 1.82) is 0 Å². The van der Waals surface area contributed by atoms with Gasteiger partial charge < -0.3 is 9.64 Å². The topological polar surface area (TPSA) is 75.7 Å². The van der Waals surface area contributed by atoms with Crippen molar-refractivity contribution in [2.24, 2.45) is 0 Å². The van der Waals surface area contributed by atoms with Gasteiger partial charge in [0, 0.05) is 25.7 Å². The Morgan fingerprint density at radius 3 is 2.31 bits per heavy atom. The van der Waals surface area contributed by atoms with Crippen LogP contribution in [0.3, 0.4) is 0 Å². The number of sulfonamides is 1. The Balaban J connectivity index is 1.89. The van der Waals surface area contributed by atoms with Crippen LogP contribution in [0.1, 0.15) is 12.5 Å². The summed E-state index contributed by atoms with van der Waals surface area (Å²) in [6, 6.07) is 16.5. The molecule has 2 rings (SSSR count). The van der Waals surface area contributed by atoms with Gasteiger partial charge in [-0.2, -0.15) is 0 Å². The Morgan fingerprint density at radius 1 is 1.08 bits per heavy atom. The summed E-state index contributed by atoms with van der Waals surface area (Å²) in [5, 5.41) is 0. The van der Waals surface area contributed by atoms with E-state index in [4.69, 9.17) is 4.74 Å². The number of nitrogens with zero attached hydrogens (tertiary/aromatic N) is 1. The van der Waals surface area contributed by atoms with Gasteiger partial charge in [0.05, 0.1) is 12.9 Å². The maximum atomic E-state index is 12.1. The molecule has 0 radical (unpaired) electrons. The number of benzene rings is 2. The molecular formula is C19H24N2O4S. The fourth-order valence-corrected chi connectivity index (χ4v) is 3.56. The molecule has 6 nitrogen and oxygen atoms in total. The summed E-state index contributed by atoms with van der Waals surface area (Å²) < 4.78 is 32.0. The Morgan fingerprint density at radius 2 is 1.73 bits per heavy atom. The predicted octanol–water partition coefficient (Wildman–Crippen LogP) is 2.21. The molecule has 1 N–H and O–H groups in total. The highest BCUT2D eigenvalue weighted by Gasteiger charge is 2.14. The number of carbonyl (C=O) groups is 1. The van der Waals surface area contributed by atoms with Crippen molar-refractivity contribution in [1.82, 2.24) is 4.72 Å². The molecule has 0 spiro atoms. The standard InChI is InChI=1S/C19H24N2O4S/c1-16(22)21(18-8-10-19(25-2)11-9-18)14-13-20-26(23,24)15-12-17-6-4-3-5-7-17/h3-11,20H,12-15H2,1-2H3. The molecule has 7 heteroatoms. The van der Waals surface area contributed by atoms with Crippen LogP contribution >= 0.6 is 0 Å². The molecule has 0 fully saturated rings. The quantitative estimate of drug-likeness (QED) is 0.728. The smallest absolute Gasteiger partial charge is 0.223 e. The van der Waals surface area contributed by atoms with Gasteiger partial charge in [-0.3, -0.25) is 4.79 Å². The lowest BCUT2D eigenvalue weighted by Gasteiger charge is -2.21. The van der Waals surface area contributed by atoms with Gasteiger partial charge in [0.15, 0.2) is 0 Å². The Bertz CT molecular complexity index is 805. The van der Waals surface area contributed by atoms with Crippen molar-refractivity contribution >= 4 is 21.6 Å². The van der Waals surface area contributed by atoms with Gasteiger partial charge >= 0.3 is 0 Å². The first-order chi connectivity index (χ1) is 12.4. The van der Waals surface area contributed by atoms with E-state index in [2.05, 4.69) is 4.72 Å². The van der Waals surface area contributed by atoms with Gasteiger partial charge in [0.2, 0.25) is 15.9 Å². The first-order valence-electron chi connectivity index (χ1n) is 8.35. The normalized spacial score (nSPS) is 11.2. The fourth-order valence-electron chi connectivity index (χ4n) is 2.51. The van der Waals surface area contributed by atoms with E-state index in [-0.39, 0.29) is 24.7 Å². The summed E-state index contributed by atoms with van der Waals surface area (Å²) >= 11 is 0. The highest BCUT2D eigenvalue weighted by atomic mass is 32.2. The highest BCUT2D eigenvalue weighted by molar-refractivity contribution is 7.89. The van der Waals surface area contributed by atoms with Crippen molar-refractivity contribution < 1.29 is 17.9 Å². The second-order valence-electron chi connectivity index (χ2n) is 5.82. The number of anilines is 1. The van der Waals surface area contributed by atoms with E-state index in [0.717, 1.165) is 5.56 Å². The minimum atomic E-state index is -3.40. The largest absolute Gasteiger partial charge is 0.497 e. The maximum absolute atomic E-state index is 12.1. The lowest BCUT2D eigenvalue weighted by Crippen LogP contribution is -2.38. The molecule has 0 heterocycles. The Labute approximate surface area is 154 Å². The third kappa shape index (κ3) is 6.16. The lowest BCUT2D eigenvalue weighted by atomic mass is 10.2. The number of hydrogen-bond acceptors (Lipinski definition) is 4. The van der Waals surface area contributed by atoms with Gasteiger partial charge in [-0.05, 0) is 36.2 Å². The van der Waals surface area contributed by atoms with Gasteiger partial charge in [0.25, 0.3) is 0 Å². The van der Waals surface area contributed by atoms with Crippen LogP contribution in [-0.4, -0.2) is 40.3 Å². The zero-order valence-electron chi connectivity index (χ0n) is 15.0. The molecule has 0 saturated carbocycles. The van der Waals surface area contributed by atoms with Crippen LogP contribution in [-0.2, 0) is 21.2 Å². The van der Waals surface area contributed by atoms with Crippen LogP contribution in [0.25, 0.3) is 0 Å². The van der Waals surface area contributed by atoms with E-state index in [1.807, 2.05) is 30.3 Å². The molecule has 0 aliphatic rings. The second-order valence-corrected chi connectivity index (χ2v) is 7.74. The van der Waals surface area contributed by atoms with Gasteiger partial charge in [-0.1, -0.05) is 30.3 Å². The first-order valence-corrected chi connectivity index (χ1v) is 10.00. The van der Waals surface area contributed by atoms with Crippen molar-refractivity contribution in [3.05, 3.63) is 60.2 Å². The number of rotatable bonds is 9. The fraction of sp³-hybridized carbons (Fsp3) is 0.316. The van der Waals surface area contributed by atoms with Crippen LogP contribution in [0.5, 0.6) is 5.75 Å². The summed E-state index contributed by atoms with van der Waals surface area (Å²) in [5.41, 5.74) is 1.67. The van der Waals surface area contributed by atoms with Crippen LogP contribution < -0.4 is 14.4 Å². The molecule has 0 unspecified atom stereocenters. The van der Waals surface area contributed by atoms with E-state index in [0.29, 0.717) is 17.9 Å². The molecule has 0 aliphatic heterocycles. The molecule has 0 bridgehead atoms. The summed E-state index contributed by atoms with van der Waals surface area (Å²) in [5.74, 6) is 0.553. The Kier molecular flexibility index (Phi) is 7.17. The molecule has 140 valence electrons. The van der Waals surface area contributed by atoms with Crippen LogP contribution in [0.2, 0.25) is 0 Å². The number of nitrogens with one attached hydrogen (secondary N) is 1. The average Bonchev–Trinajstić information content (AvgIpc) is 2.64. The molecule has 2 aromatic carbocycles. The average molecular weight is 376 g/mol. The van der Waals surface area contributed by atoms with Crippen LogP contribution in [0.4, 0.5) is 5.69 Å². The molecule has 26 heavy (non-hydrogen) atoms. The van der Waals surface area contributed by atoms with Gasteiger partial charge in [0.1, 0.15) is 5.75 Å². The maximum Gasteiger partial charge on any atom is 0.223 e. The van der Waals surface area contributed by atoms with Gasteiger partial charge in [-0.15, -0.1) is 0 Å². The van der Waals surface area contributed by atoms with E-state index < -0.39 is 10.0 Å². The monoisotopic (exact) mass is 376 g/mol. The summed E-state index contributed by atoms with van der Waals surface area (Å²) in [4.78, 5) is 13.4. The number of methoxy groups -OCH3 is 1. The summed E-state index contributed by atoms with van der Waals surface area (Å²) in [6.07, 6.45) is 0.449. The molecule has 0 atom stereocenters. The van der Waals surface area contributed by atoms with E-state index >= 15 is 0 Å². The number of aryl methyl sites for hydroxylation is 1. The van der Waals surface area contributed by atoms with Gasteiger partial charge in [-0.25, -0.2) is 13.1 Å². The second kappa shape index (κ2) is 9.35. The molecule has 0 aliphatic carbocycles. The Hall–Kier alpha value is -2.38. The first kappa shape index (κ1) is 19.9. The number of hydrogen-bond donors (Lipinski definition) is 1. The molecule has 1 amide bonds. The van der Waals surface area contributed by atoms with Crippen molar-refractivity contribution in [2.45, 2.75) is 13.3 Å². The zero-order chi connectivity index (χ0) is 19.0. The third-order valence-corrected chi connectivity index (χ3v) is 5.31. The lowest BCUT2D eigenvalue weighted by molar-refractivity contribution is -0.116. The van der Waals surface area contributed by atoms with Crippen LogP contribution in [0, 0.1) is 0 Å². The highest BCUT2D eigenvalue weighted by Crippen LogP contribution is 2.19. The summed E-state index contributed by atoms with van der Waals surface area (Å²) in [6.45, 7) is 1.86. The molecule has 0 aromatic heterocycles. The van der Waals surface area contributed by atoms with E-state index in [1.54, 1.807) is 31.4 Å². The number of amides is 1. The molecule has 0 saturated heterocycles. The minimum Gasteiger partial charge on any atom is -0.497 e. The minimum absolute atomic E-state index is 0.0135. The molecule has 2 aromatic rings. The number of carbonyl (C=O) groups excluding carboxylic acids is 1. The number of ether oxygens (including phenoxy) is 1. The molecular weight excluding hydrogens is 352 g/mol. The van der Waals surface area contributed by atoms with Crippen molar-refractivity contribution in [2.75, 3.05) is 30.9 Å². The van der Waals surface area contributed by atoms with Crippen molar-refractivity contribution in [3.8, 4) is 5.75 Å². The van der Waals surface area contributed by atoms with E-state index in [1.165, 1.54) is 11.8 Å². The third-order valence-electron chi connectivity index (χ3n) is 3.92. The predicted molar refractivity (Wildman–Crippen MR) is 103 cm³/mol.